The Kier molecular flexibility index (Phi) is 13.1. The van der Waals surface area contributed by atoms with E-state index in [0.29, 0.717) is 28.0 Å². The third-order valence-electron chi connectivity index (χ3n) is 9.61. The molecule has 3 aliphatic heterocycles. The maximum absolute atomic E-state index is 15.1. The van der Waals surface area contributed by atoms with Crippen LogP contribution in [0.3, 0.4) is 0 Å². The number of pyridine rings is 1. The fourth-order valence-electron chi connectivity index (χ4n) is 6.93. The average Bonchev–Trinajstić information content (AvgIpc) is 3.14. The molecule has 4 aromatic rings. The van der Waals surface area contributed by atoms with Crippen molar-refractivity contribution in [3.05, 3.63) is 123 Å². The maximum Gasteiger partial charge on any atom is 0.387 e. The first kappa shape index (κ1) is 40.1. The number of piperidine rings is 3. The number of aromatic nitrogens is 1. The Morgan fingerprint density at radius 1 is 0.964 bits per heavy atom. The number of hydrogen-bond acceptors (Lipinski definition) is 9. The van der Waals surface area contributed by atoms with E-state index in [9.17, 15) is 23.6 Å². The molecular weight excluding hydrogens is 762 g/mol. The number of hydrogen-bond donors (Lipinski definition) is 2. The summed E-state index contributed by atoms with van der Waals surface area (Å²) >= 11 is 12.9. The van der Waals surface area contributed by atoms with Gasteiger partial charge in [-0.05, 0) is 87.2 Å². The molecule has 15 heteroatoms. The zero-order valence-corrected chi connectivity index (χ0v) is 31.6. The monoisotopic (exact) mass is 802 g/mol. The Bertz CT molecular complexity index is 1970. The van der Waals surface area contributed by atoms with Crippen molar-refractivity contribution in [1.82, 2.24) is 10.2 Å². The van der Waals surface area contributed by atoms with Gasteiger partial charge in [0.25, 0.3) is 0 Å². The third-order valence-corrected chi connectivity index (χ3v) is 10.3. The van der Waals surface area contributed by atoms with Gasteiger partial charge in [-0.1, -0.05) is 59.6 Å². The van der Waals surface area contributed by atoms with Gasteiger partial charge in [0.2, 0.25) is 12.4 Å². The summed E-state index contributed by atoms with van der Waals surface area (Å²) in [7, 11) is 0. The first-order valence-electron chi connectivity index (χ1n) is 17.9. The number of nitrogens with one attached hydrogen (secondary N) is 1. The van der Waals surface area contributed by atoms with E-state index >= 15 is 4.39 Å². The van der Waals surface area contributed by atoms with E-state index in [4.69, 9.17) is 37.4 Å². The molecule has 0 amide bonds. The van der Waals surface area contributed by atoms with Crippen LogP contribution in [0.15, 0.2) is 79.1 Å². The van der Waals surface area contributed by atoms with Crippen molar-refractivity contribution >= 4 is 35.1 Å². The molecule has 2 bridgehead atoms. The summed E-state index contributed by atoms with van der Waals surface area (Å²) in [5.41, 5.74) is 1.57. The van der Waals surface area contributed by atoms with Crippen molar-refractivity contribution in [2.75, 3.05) is 19.6 Å². The van der Waals surface area contributed by atoms with Gasteiger partial charge in [-0.25, -0.2) is 14.0 Å². The van der Waals surface area contributed by atoms with Crippen molar-refractivity contribution in [3.8, 4) is 11.5 Å². The molecule has 1 aromatic heterocycles. The van der Waals surface area contributed by atoms with E-state index in [-0.39, 0.29) is 57.7 Å². The Morgan fingerprint density at radius 2 is 1.69 bits per heavy atom. The lowest BCUT2D eigenvalue weighted by atomic mass is 9.86. The third kappa shape index (κ3) is 10.2. The van der Waals surface area contributed by atoms with Gasteiger partial charge in [-0.15, -0.1) is 0 Å². The number of alkyl halides is 2. The van der Waals surface area contributed by atoms with E-state index in [1.54, 1.807) is 50.2 Å². The molecule has 292 valence electrons. The molecule has 0 spiro atoms. The number of halogens is 5. The number of esters is 2. The summed E-state index contributed by atoms with van der Waals surface area (Å²) < 4.78 is 64.7. The van der Waals surface area contributed by atoms with Gasteiger partial charge in [-0.2, -0.15) is 8.78 Å². The number of carbonyl (C=O) groups is 2. The lowest BCUT2D eigenvalue weighted by molar-refractivity contribution is -0.904. The van der Waals surface area contributed by atoms with Gasteiger partial charge in [0.05, 0.1) is 11.7 Å². The standard InChI is InChI=1S/C40H41Cl2F3N3O7/c1-23(2)52-35-17-26(10-11-33(35)55-40(44)45)34(18-29-30(41)20-48(51)21-31(29)42)53-38(49)27-7-5-6-24(16-27)19-46-37(28-8-3-4-9-32(28)43)39(50)54-36-22-47-14-12-25(36)13-15-47/h3-11,16-17,20-21,23,25,34,36-37,40,46,51H,12-15,18-19,22H2,1-2H3/q+1/t34-,36-,37?/m0/s1. The minimum absolute atomic E-state index is 0.00295. The summed E-state index contributed by atoms with van der Waals surface area (Å²) in [5.74, 6) is -1.85. The van der Waals surface area contributed by atoms with Crippen LogP contribution in [0.1, 0.15) is 71.4 Å². The smallest absolute Gasteiger partial charge is 0.387 e. The lowest BCUT2D eigenvalue weighted by Crippen LogP contribution is -2.52. The van der Waals surface area contributed by atoms with E-state index in [2.05, 4.69) is 15.0 Å². The first-order valence-corrected chi connectivity index (χ1v) is 18.6. The van der Waals surface area contributed by atoms with Crippen LogP contribution >= 0.6 is 23.2 Å². The SMILES string of the molecule is CC(C)Oc1cc([C@H](Cc2c(Cl)c[n+](O)cc2Cl)OC(=O)c2cccc(CNC(C(=O)O[C@H]3CN4CCC3CC4)c3ccccc3F)c2)ccc1OC(F)F. The van der Waals surface area contributed by atoms with Crippen molar-refractivity contribution in [1.29, 1.82) is 0 Å². The van der Waals surface area contributed by atoms with E-state index in [1.165, 1.54) is 42.7 Å². The lowest BCUT2D eigenvalue weighted by Gasteiger charge is -2.44. The minimum Gasteiger partial charge on any atom is -0.487 e. The highest BCUT2D eigenvalue weighted by molar-refractivity contribution is 6.35. The fourth-order valence-corrected chi connectivity index (χ4v) is 7.53. The number of benzene rings is 3. The molecule has 1 unspecified atom stereocenters. The van der Waals surface area contributed by atoms with Crippen LogP contribution in [-0.4, -0.2) is 60.5 Å². The molecule has 3 atom stereocenters. The summed E-state index contributed by atoms with van der Waals surface area (Å²) in [6, 6.07) is 15.6. The van der Waals surface area contributed by atoms with Gasteiger partial charge in [0, 0.05) is 35.4 Å². The van der Waals surface area contributed by atoms with E-state index in [1.807, 2.05) is 0 Å². The van der Waals surface area contributed by atoms with Crippen LogP contribution in [0.2, 0.25) is 10.0 Å². The van der Waals surface area contributed by atoms with Gasteiger partial charge < -0.3 is 18.9 Å². The second-order valence-corrected chi connectivity index (χ2v) is 14.6. The van der Waals surface area contributed by atoms with Crippen molar-refractivity contribution in [2.45, 2.75) is 70.6 Å². The second-order valence-electron chi connectivity index (χ2n) is 13.8. The van der Waals surface area contributed by atoms with Crippen LogP contribution in [-0.2, 0) is 27.2 Å². The molecule has 3 aromatic carbocycles. The van der Waals surface area contributed by atoms with Crippen molar-refractivity contribution in [3.63, 3.8) is 0 Å². The predicted molar refractivity (Wildman–Crippen MR) is 196 cm³/mol. The van der Waals surface area contributed by atoms with Crippen LogP contribution in [0.4, 0.5) is 13.2 Å². The molecule has 0 saturated carbocycles. The molecule has 0 radical (unpaired) electrons. The Hall–Kier alpha value is -4.56. The Labute approximate surface area is 326 Å². The number of ether oxygens (including phenoxy) is 4. The average molecular weight is 804 g/mol. The Balaban J connectivity index is 1.24. The molecule has 7 rings (SSSR count). The zero-order valence-electron chi connectivity index (χ0n) is 30.1. The molecule has 0 aliphatic carbocycles. The topological polar surface area (TPSA) is 110 Å². The summed E-state index contributed by atoms with van der Waals surface area (Å²) in [6.45, 7) is 2.98. The number of carbonyl (C=O) groups excluding carboxylic acids is 2. The molecule has 4 heterocycles. The molecule has 10 nitrogen and oxygen atoms in total. The van der Waals surface area contributed by atoms with Crippen molar-refractivity contribution in [2.24, 2.45) is 5.92 Å². The summed E-state index contributed by atoms with van der Waals surface area (Å²) in [6.07, 6.45) is 2.47. The molecule has 55 heavy (non-hydrogen) atoms. The first-order chi connectivity index (χ1) is 26.3. The second kappa shape index (κ2) is 17.9. The van der Waals surface area contributed by atoms with Gasteiger partial charge in [0.15, 0.2) is 11.5 Å². The maximum atomic E-state index is 15.1. The largest absolute Gasteiger partial charge is 0.487 e. The molecular formula is C40H41Cl2F3N3O7+. The molecule has 3 saturated heterocycles. The molecule has 3 aliphatic rings. The minimum atomic E-state index is -3.11. The van der Waals surface area contributed by atoms with Crippen molar-refractivity contribution < 1.29 is 51.6 Å². The zero-order chi connectivity index (χ0) is 39.2. The normalized spacial score (nSPS) is 18.9. The quantitative estimate of drug-likeness (QED) is 0.0712. The predicted octanol–water partition coefficient (Wildman–Crippen LogP) is 7.66. The number of nitrogens with zero attached hydrogens (tertiary/aromatic N) is 2. The highest BCUT2D eigenvalue weighted by atomic mass is 35.5. The molecule has 2 N–H and O–H groups in total. The van der Waals surface area contributed by atoms with Gasteiger partial charge in [0.1, 0.15) is 34.1 Å². The van der Waals surface area contributed by atoms with Crippen LogP contribution in [0, 0.1) is 11.7 Å². The summed E-state index contributed by atoms with van der Waals surface area (Å²) in [5, 5.41) is 13.2. The molecule has 3 fully saturated rings. The van der Waals surface area contributed by atoms with E-state index in [0.717, 1.165) is 25.9 Å². The van der Waals surface area contributed by atoms with Crippen LogP contribution < -0.4 is 19.5 Å². The number of fused-ring (bicyclic) bond motifs is 3. The highest BCUT2D eigenvalue weighted by Crippen LogP contribution is 2.37. The highest BCUT2D eigenvalue weighted by Gasteiger charge is 2.38. The Morgan fingerprint density at radius 3 is 2.35 bits per heavy atom. The summed E-state index contributed by atoms with van der Waals surface area (Å²) in [4.78, 5) is 29.7. The van der Waals surface area contributed by atoms with E-state index < -0.39 is 42.6 Å². The van der Waals surface area contributed by atoms with Gasteiger partial charge >= 0.3 is 18.6 Å². The van der Waals surface area contributed by atoms with Gasteiger partial charge in [-0.3, -0.25) is 15.4 Å². The van der Waals surface area contributed by atoms with Crippen LogP contribution in [0.5, 0.6) is 11.5 Å². The fraction of sp³-hybridized carbons (Fsp3) is 0.375. The van der Waals surface area contributed by atoms with Crippen LogP contribution in [0.25, 0.3) is 0 Å². The number of rotatable bonds is 15.